The second-order valence-corrected chi connectivity index (χ2v) is 4.53. The molecule has 5 heteroatoms. The standard InChI is InChI=1S/C13H16N2O2S/c1-3-8-14(9-4-2)12(16)11-18-13-7-5-6-10-15(13)17/h3-7,10H,1-2,8-9,11H2. The van der Waals surface area contributed by atoms with E-state index in [2.05, 4.69) is 13.2 Å². The van der Waals surface area contributed by atoms with Crippen molar-refractivity contribution in [2.24, 2.45) is 0 Å². The molecule has 1 heterocycles. The van der Waals surface area contributed by atoms with Crippen LogP contribution in [0, 0.1) is 5.21 Å². The third-order valence-electron chi connectivity index (χ3n) is 2.18. The van der Waals surface area contributed by atoms with Crippen LogP contribution in [0.4, 0.5) is 0 Å². The summed E-state index contributed by atoms with van der Waals surface area (Å²) >= 11 is 1.23. The summed E-state index contributed by atoms with van der Waals surface area (Å²) in [6.45, 7) is 8.18. The average molecular weight is 264 g/mol. The Morgan fingerprint density at radius 3 is 2.61 bits per heavy atom. The van der Waals surface area contributed by atoms with E-state index in [0.717, 1.165) is 4.73 Å². The maximum Gasteiger partial charge on any atom is 0.251 e. The molecule has 4 nitrogen and oxygen atoms in total. The highest BCUT2D eigenvalue weighted by Crippen LogP contribution is 2.13. The van der Waals surface area contributed by atoms with E-state index in [1.807, 2.05) is 0 Å². The lowest BCUT2D eigenvalue weighted by Gasteiger charge is -2.18. The summed E-state index contributed by atoms with van der Waals surface area (Å²) in [5.74, 6) is 0.192. The highest BCUT2D eigenvalue weighted by molar-refractivity contribution is 7.99. The Hall–Kier alpha value is -1.75. The van der Waals surface area contributed by atoms with E-state index >= 15 is 0 Å². The van der Waals surface area contributed by atoms with E-state index in [1.54, 1.807) is 35.3 Å². The van der Waals surface area contributed by atoms with Gasteiger partial charge in [0.15, 0.2) is 6.20 Å². The number of aromatic nitrogens is 1. The molecule has 0 aromatic carbocycles. The lowest BCUT2D eigenvalue weighted by atomic mass is 10.4. The Bertz CT molecular complexity index is 425. The second-order valence-electron chi connectivity index (χ2n) is 3.53. The summed E-state index contributed by atoms with van der Waals surface area (Å²) in [6.07, 6.45) is 4.75. The van der Waals surface area contributed by atoms with Crippen LogP contribution >= 0.6 is 11.8 Å². The van der Waals surface area contributed by atoms with Crippen molar-refractivity contribution in [3.05, 3.63) is 54.9 Å². The zero-order valence-corrected chi connectivity index (χ0v) is 10.9. The van der Waals surface area contributed by atoms with Gasteiger partial charge in [-0.15, -0.1) is 13.2 Å². The molecular weight excluding hydrogens is 248 g/mol. The van der Waals surface area contributed by atoms with Crippen LogP contribution in [-0.2, 0) is 4.79 Å². The van der Waals surface area contributed by atoms with Gasteiger partial charge in [0, 0.05) is 25.2 Å². The fraction of sp³-hybridized carbons (Fsp3) is 0.231. The van der Waals surface area contributed by atoms with Gasteiger partial charge in [0.2, 0.25) is 5.91 Å². The maximum atomic E-state index is 11.9. The minimum absolute atomic E-state index is 0.0383. The van der Waals surface area contributed by atoms with Crippen LogP contribution in [0.25, 0.3) is 0 Å². The molecule has 1 aromatic rings. The Kier molecular flexibility index (Phi) is 6.00. The molecule has 1 amide bonds. The van der Waals surface area contributed by atoms with Crippen molar-refractivity contribution < 1.29 is 9.52 Å². The van der Waals surface area contributed by atoms with Crippen molar-refractivity contribution in [1.82, 2.24) is 4.90 Å². The van der Waals surface area contributed by atoms with Crippen LogP contribution in [0.3, 0.4) is 0 Å². The summed E-state index contributed by atoms with van der Waals surface area (Å²) in [7, 11) is 0. The monoisotopic (exact) mass is 264 g/mol. The van der Waals surface area contributed by atoms with Crippen molar-refractivity contribution >= 4 is 17.7 Å². The largest absolute Gasteiger partial charge is 0.618 e. The van der Waals surface area contributed by atoms with Crippen LogP contribution < -0.4 is 4.73 Å². The second kappa shape index (κ2) is 7.55. The summed E-state index contributed by atoms with van der Waals surface area (Å²) in [6, 6.07) is 5.11. The van der Waals surface area contributed by atoms with Gasteiger partial charge in [0.1, 0.15) is 0 Å². The fourth-order valence-corrected chi connectivity index (χ4v) is 2.16. The van der Waals surface area contributed by atoms with Gasteiger partial charge >= 0.3 is 0 Å². The number of carbonyl (C=O) groups is 1. The zero-order valence-electron chi connectivity index (χ0n) is 10.1. The van der Waals surface area contributed by atoms with E-state index in [0.29, 0.717) is 18.1 Å². The molecule has 0 aliphatic carbocycles. The van der Waals surface area contributed by atoms with Gasteiger partial charge in [-0.1, -0.05) is 12.2 Å². The summed E-state index contributed by atoms with van der Waals surface area (Å²) in [5.41, 5.74) is 0. The Morgan fingerprint density at radius 2 is 2.06 bits per heavy atom. The first-order valence-electron chi connectivity index (χ1n) is 5.49. The molecule has 0 unspecified atom stereocenters. The molecule has 0 saturated heterocycles. The molecule has 1 rings (SSSR count). The normalized spacial score (nSPS) is 9.78. The van der Waals surface area contributed by atoms with Crippen molar-refractivity contribution in [1.29, 1.82) is 0 Å². The van der Waals surface area contributed by atoms with Gasteiger partial charge in [-0.2, -0.15) is 4.73 Å². The third-order valence-corrected chi connectivity index (χ3v) is 3.19. The van der Waals surface area contributed by atoms with Crippen LogP contribution in [0.2, 0.25) is 0 Å². The van der Waals surface area contributed by atoms with E-state index in [-0.39, 0.29) is 11.7 Å². The van der Waals surface area contributed by atoms with Crippen molar-refractivity contribution in [2.45, 2.75) is 5.03 Å². The third kappa shape index (κ3) is 4.25. The minimum atomic E-state index is -0.0383. The van der Waals surface area contributed by atoms with Crippen LogP contribution in [-0.4, -0.2) is 29.6 Å². The molecular formula is C13H16N2O2S. The quantitative estimate of drug-likeness (QED) is 0.325. The van der Waals surface area contributed by atoms with Gasteiger partial charge < -0.3 is 10.1 Å². The molecule has 0 aliphatic heterocycles. The molecule has 0 N–H and O–H groups in total. The number of rotatable bonds is 7. The zero-order chi connectivity index (χ0) is 13.4. The molecule has 0 atom stereocenters. The predicted molar refractivity (Wildman–Crippen MR) is 73.1 cm³/mol. The molecule has 0 fully saturated rings. The topological polar surface area (TPSA) is 47.2 Å². The van der Waals surface area contributed by atoms with Gasteiger partial charge in [-0.05, 0) is 17.8 Å². The lowest BCUT2D eigenvalue weighted by molar-refractivity contribution is -0.645. The first-order chi connectivity index (χ1) is 8.69. The average Bonchev–Trinajstić information content (AvgIpc) is 2.37. The van der Waals surface area contributed by atoms with Crippen molar-refractivity contribution in [2.75, 3.05) is 18.8 Å². The van der Waals surface area contributed by atoms with Gasteiger partial charge in [-0.3, -0.25) is 4.79 Å². The van der Waals surface area contributed by atoms with Crippen LogP contribution in [0.15, 0.2) is 54.7 Å². The maximum absolute atomic E-state index is 11.9. The minimum Gasteiger partial charge on any atom is -0.618 e. The first-order valence-corrected chi connectivity index (χ1v) is 6.48. The smallest absolute Gasteiger partial charge is 0.251 e. The van der Waals surface area contributed by atoms with E-state index in [4.69, 9.17) is 0 Å². The molecule has 0 bridgehead atoms. The van der Waals surface area contributed by atoms with Crippen LogP contribution in [0.1, 0.15) is 0 Å². The molecule has 0 spiro atoms. The molecule has 0 saturated carbocycles. The first kappa shape index (κ1) is 14.3. The Labute approximate surface area is 111 Å². The number of carbonyl (C=O) groups excluding carboxylic acids is 1. The number of hydrogen-bond acceptors (Lipinski definition) is 3. The molecule has 0 aliphatic rings. The number of thioether (sulfide) groups is 1. The summed E-state index contributed by atoms with van der Waals surface area (Å²) < 4.78 is 0.753. The van der Waals surface area contributed by atoms with Crippen LogP contribution in [0.5, 0.6) is 0 Å². The van der Waals surface area contributed by atoms with Gasteiger partial charge in [-0.25, -0.2) is 0 Å². The van der Waals surface area contributed by atoms with E-state index < -0.39 is 0 Å². The molecule has 18 heavy (non-hydrogen) atoms. The number of amides is 1. The molecule has 0 radical (unpaired) electrons. The van der Waals surface area contributed by atoms with Crippen molar-refractivity contribution in [3.8, 4) is 0 Å². The number of hydrogen-bond donors (Lipinski definition) is 0. The fourth-order valence-electron chi connectivity index (χ4n) is 1.34. The number of pyridine rings is 1. The predicted octanol–water partition coefficient (Wildman–Crippen LogP) is 1.61. The van der Waals surface area contributed by atoms with E-state index in [9.17, 15) is 10.0 Å². The van der Waals surface area contributed by atoms with Gasteiger partial charge in [0.25, 0.3) is 5.03 Å². The van der Waals surface area contributed by atoms with Gasteiger partial charge in [0.05, 0.1) is 5.75 Å². The Balaban J connectivity index is 2.56. The lowest BCUT2D eigenvalue weighted by Crippen LogP contribution is -2.34. The van der Waals surface area contributed by atoms with Crippen molar-refractivity contribution in [3.63, 3.8) is 0 Å². The highest BCUT2D eigenvalue weighted by Gasteiger charge is 2.13. The Morgan fingerprint density at radius 1 is 1.39 bits per heavy atom. The summed E-state index contributed by atoms with van der Waals surface area (Å²) in [5, 5.41) is 11.9. The number of nitrogens with zero attached hydrogens (tertiary/aromatic N) is 2. The van der Waals surface area contributed by atoms with E-state index in [1.165, 1.54) is 18.0 Å². The SMILES string of the molecule is C=CCN(CC=C)C(=O)CSc1cccc[n+]1[O-]. The highest BCUT2D eigenvalue weighted by atomic mass is 32.2. The molecule has 1 aromatic heterocycles. The summed E-state index contributed by atoms with van der Waals surface area (Å²) in [4.78, 5) is 13.5. The molecule has 96 valence electrons.